The minimum Gasteiger partial charge on any atom is -0.496 e. The Hall–Kier alpha value is -1.81. The van der Waals surface area contributed by atoms with Gasteiger partial charge >= 0.3 is 0 Å². The van der Waals surface area contributed by atoms with E-state index < -0.39 is 0 Å². The molecule has 2 rings (SSSR count). The molecular formula is C16H16BrNO2. The van der Waals surface area contributed by atoms with E-state index in [1.54, 1.807) is 7.11 Å². The molecule has 2 aromatic rings. The smallest absolute Gasteiger partial charge is 0.251 e. The lowest BCUT2D eigenvalue weighted by Gasteiger charge is -2.10. The minimum atomic E-state index is -0.100. The highest BCUT2D eigenvalue weighted by Crippen LogP contribution is 2.19. The maximum absolute atomic E-state index is 12.1. The molecule has 0 unspecified atom stereocenters. The predicted octanol–water partition coefficient (Wildman–Crippen LogP) is 3.70. The van der Waals surface area contributed by atoms with Crippen LogP contribution in [0.15, 0.2) is 46.9 Å². The first kappa shape index (κ1) is 14.6. The summed E-state index contributed by atoms with van der Waals surface area (Å²) in [5.74, 6) is 0.675. The molecule has 104 valence electrons. The van der Waals surface area contributed by atoms with E-state index in [1.807, 2.05) is 49.4 Å². The van der Waals surface area contributed by atoms with Crippen molar-refractivity contribution in [2.75, 3.05) is 7.11 Å². The van der Waals surface area contributed by atoms with Crippen LogP contribution in [0.3, 0.4) is 0 Å². The van der Waals surface area contributed by atoms with Crippen molar-refractivity contribution in [3.05, 3.63) is 63.6 Å². The predicted molar refractivity (Wildman–Crippen MR) is 83.0 cm³/mol. The Labute approximate surface area is 127 Å². The summed E-state index contributed by atoms with van der Waals surface area (Å²) < 4.78 is 6.19. The molecule has 1 N–H and O–H groups in total. The molecule has 0 aromatic heterocycles. The molecule has 0 aliphatic carbocycles. The van der Waals surface area contributed by atoms with E-state index in [1.165, 1.54) is 0 Å². The lowest BCUT2D eigenvalue weighted by molar-refractivity contribution is 0.0950. The number of nitrogens with one attached hydrogen (secondary N) is 1. The Morgan fingerprint density at radius 1 is 1.25 bits per heavy atom. The van der Waals surface area contributed by atoms with Crippen LogP contribution in [-0.4, -0.2) is 13.0 Å². The number of hydrogen-bond acceptors (Lipinski definition) is 2. The van der Waals surface area contributed by atoms with Crippen LogP contribution in [0.4, 0.5) is 0 Å². The quantitative estimate of drug-likeness (QED) is 0.926. The van der Waals surface area contributed by atoms with Gasteiger partial charge in [-0.15, -0.1) is 0 Å². The molecule has 0 aliphatic rings. The molecule has 0 fully saturated rings. The summed E-state index contributed by atoms with van der Waals surface area (Å²) in [6, 6.07) is 13.2. The average Bonchev–Trinajstić information content (AvgIpc) is 2.47. The van der Waals surface area contributed by atoms with E-state index in [4.69, 9.17) is 4.74 Å². The summed E-state index contributed by atoms with van der Waals surface area (Å²) >= 11 is 3.43. The number of para-hydroxylation sites is 1. The number of aryl methyl sites for hydroxylation is 1. The van der Waals surface area contributed by atoms with E-state index >= 15 is 0 Å². The summed E-state index contributed by atoms with van der Waals surface area (Å²) in [4.78, 5) is 12.1. The average molecular weight is 334 g/mol. The number of methoxy groups -OCH3 is 1. The molecule has 3 nitrogen and oxygen atoms in total. The highest BCUT2D eigenvalue weighted by atomic mass is 79.9. The number of carbonyl (C=O) groups excluding carboxylic acids is 1. The fourth-order valence-corrected chi connectivity index (χ4v) is 2.24. The van der Waals surface area contributed by atoms with E-state index in [2.05, 4.69) is 21.2 Å². The molecule has 0 bridgehead atoms. The number of benzene rings is 2. The number of hydrogen-bond donors (Lipinski definition) is 1. The third-order valence-corrected chi connectivity index (χ3v) is 3.92. The van der Waals surface area contributed by atoms with E-state index in [-0.39, 0.29) is 5.91 Å². The van der Waals surface area contributed by atoms with Crippen LogP contribution in [-0.2, 0) is 6.54 Å². The van der Waals surface area contributed by atoms with Crippen LogP contribution in [0.25, 0.3) is 0 Å². The molecule has 20 heavy (non-hydrogen) atoms. The first-order chi connectivity index (χ1) is 9.61. The normalized spacial score (nSPS) is 10.2. The maximum Gasteiger partial charge on any atom is 0.251 e. The van der Waals surface area contributed by atoms with Gasteiger partial charge in [-0.25, -0.2) is 0 Å². The maximum atomic E-state index is 12.1. The highest BCUT2D eigenvalue weighted by molar-refractivity contribution is 9.10. The third kappa shape index (κ3) is 3.39. The van der Waals surface area contributed by atoms with Crippen LogP contribution in [0, 0.1) is 6.92 Å². The van der Waals surface area contributed by atoms with Crippen molar-refractivity contribution < 1.29 is 9.53 Å². The Morgan fingerprint density at radius 2 is 2.00 bits per heavy atom. The monoisotopic (exact) mass is 333 g/mol. The fraction of sp³-hybridized carbons (Fsp3) is 0.188. The van der Waals surface area contributed by atoms with Crippen molar-refractivity contribution >= 4 is 21.8 Å². The molecule has 0 atom stereocenters. The molecule has 4 heteroatoms. The molecule has 2 aromatic carbocycles. The van der Waals surface area contributed by atoms with Crippen molar-refractivity contribution in [1.29, 1.82) is 0 Å². The summed E-state index contributed by atoms with van der Waals surface area (Å²) in [5.41, 5.74) is 2.69. The Balaban J connectivity index is 2.06. The Bertz CT molecular complexity index is 626. The highest BCUT2D eigenvalue weighted by Gasteiger charge is 2.08. The van der Waals surface area contributed by atoms with Crippen LogP contribution in [0.1, 0.15) is 21.5 Å². The topological polar surface area (TPSA) is 38.3 Å². The zero-order chi connectivity index (χ0) is 14.5. The number of amides is 1. The molecule has 0 saturated heterocycles. The second kappa shape index (κ2) is 6.57. The van der Waals surface area contributed by atoms with Gasteiger partial charge in [0.25, 0.3) is 5.91 Å². The number of rotatable bonds is 4. The van der Waals surface area contributed by atoms with Gasteiger partial charge in [0.1, 0.15) is 5.75 Å². The van der Waals surface area contributed by atoms with Gasteiger partial charge in [-0.05, 0) is 30.7 Å². The van der Waals surface area contributed by atoms with Gasteiger partial charge in [-0.3, -0.25) is 4.79 Å². The number of carbonyl (C=O) groups is 1. The van der Waals surface area contributed by atoms with Gasteiger partial charge in [0, 0.05) is 22.1 Å². The minimum absolute atomic E-state index is 0.100. The summed E-state index contributed by atoms with van der Waals surface area (Å²) in [5, 5.41) is 2.90. The molecule has 0 radical (unpaired) electrons. The lowest BCUT2D eigenvalue weighted by Crippen LogP contribution is -2.23. The van der Waals surface area contributed by atoms with Gasteiger partial charge in [0.15, 0.2) is 0 Å². The zero-order valence-electron chi connectivity index (χ0n) is 11.4. The lowest BCUT2D eigenvalue weighted by atomic mass is 10.1. The van der Waals surface area contributed by atoms with Crippen LogP contribution in [0.5, 0.6) is 5.75 Å². The molecule has 0 aliphatic heterocycles. The van der Waals surface area contributed by atoms with Gasteiger partial charge in [-0.1, -0.05) is 40.2 Å². The molecular weight excluding hydrogens is 318 g/mol. The number of ether oxygens (including phenoxy) is 1. The van der Waals surface area contributed by atoms with Crippen LogP contribution in [0.2, 0.25) is 0 Å². The standard InChI is InChI=1S/C16H16BrNO2/c1-11-7-8-12(9-14(11)17)16(19)18-10-13-5-3-4-6-15(13)20-2/h3-9H,10H2,1-2H3,(H,18,19). The zero-order valence-corrected chi connectivity index (χ0v) is 13.0. The Morgan fingerprint density at radius 3 is 2.70 bits per heavy atom. The van der Waals surface area contributed by atoms with Crippen molar-refractivity contribution in [2.45, 2.75) is 13.5 Å². The van der Waals surface area contributed by atoms with Crippen molar-refractivity contribution in [2.24, 2.45) is 0 Å². The summed E-state index contributed by atoms with van der Waals surface area (Å²) in [7, 11) is 1.62. The van der Waals surface area contributed by atoms with Gasteiger partial charge < -0.3 is 10.1 Å². The molecule has 0 heterocycles. The number of halogens is 1. The second-order valence-electron chi connectivity index (χ2n) is 4.46. The third-order valence-electron chi connectivity index (χ3n) is 3.07. The van der Waals surface area contributed by atoms with Crippen molar-refractivity contribution in [3.63, 3.8) is 0 Å². The van der Waals surface area contributed by atoms with Crippen LogP contribution < -0.4 is 10.1 Å². The molecule has 0 spiro atoms. The summed E-state index contributed by atoms with van der Waals surface area (Å²) in [6.07, 6.45) is 0. The second-order valence-corrected chi connectivity index (χ2v) is 5.31. The van der Waals surface area contributed by atoms with E-state index in [0.29, 0.717) is 12.1 Å². The van der Waals surface area contributed by atoms with Gasteiger partial charge in [0.2, 0.25) is 0 Å². The van der Waals surface area contributed by atoms with Gasteiger partial charge in [0.05, 0.1) is 7.11 Å². The van der Waals surface area contributed by atoms with Gasteiger partial charge in [-0.2, -0.15) is 0 Å². The van der Waals surface area contributed by atoms with E-state index in [0.717, 1.165) is 21.3 Å². The Kier molecular flexibility index (Phi) is 4.79. The van der Waals surface area contributed by atoms with Crippen LogP contribution >= 0.6 is 15.9 Å². The summed E-state index contributed by atoms with van der Waals surface area (Å²) in [6.45, 7) is 2.43. The fourth-order valence-electron chi connectivity index (χ4n) is 1.86. The molecule has 0 saturated carbocycles. The van der Waals surface area contributed by atoms with E-state index in [9.17, 15) is 4.79 Å². The first-order valence-electron chi connectivity index (χ1n) is 6.28. The molecule has 1 amide bonds. The van der Waals surface area contributed by atoms with Crippen molar-refractivity contribution in [1.82, 2.24) is 5.32 Å². The largest absolute Gasteiger partial charge is 0.496 e. The SMILES string of the molecule is COc1ccccc1CNC(=O)c1ccc(C)c(Br)c1. The van der Waals surface area contributed by atoms with Crippen molar-refractivity contribution in [3.8, 4) is 5.75 Å². The first-order valence-corrected chi connectivity index (χ1v) is 7.07.